The maximum absolute atomic E-state index is 14.0. The number of ether oxygens (including phenoxy) is 1. The number of hydrogen-bond acceptors (Lipinski definition) is 4. The van der Waals surface area contributed by atoms with E-state index in [9.17, 15) is 14.0 Å². The summed E-state index contributed by atoms with van der Waals surface area (Å²) >= 11 is 1.68. The lowest BCUT2D eigenvalue weighted by atomic mass is 10.1. The number of amides is 1. The summed E-state index contributed by atoms with van der Waals surface area (Å²) in [5.74, 6) is 0.0626. The van der Waals surface area contributed by atoms with Crippen LogP contribution in [0.2, 0.25) is 0 Å². The summed E-state index contributed by atoms with van der Waals surface area (Å²) in [6.07, 6.45) is 0.706. The third-order valence-corrected chi connectivity index (χ3v) is 5.74. The SMILES string of the molecule is COC(=O)c1ccc(C(=O)N2CCSC(c3ccccc3F)CC2)cc1. The molecule has 0 bridgehead atoms. The summed E-state index contributed by atoms with van der Waals surface area (Å²) in [5.41, 5.74) is 1.65. The third kappa shape index (κ3) is 4.07. The number of esters is 1. The van der Waals surface area contributed by atoms with Crippen LogP contribution >= 0.6 is 11.8 Å². The fourth-order valence-corrected chi connectivity index (χ4v) is 4.26. The highest BCUT2D eigenvalue weighted by atomic mass is 32.2. The van der Waals surface area contributed by atoms with Gasteiger partial charge in [-0.2, -0.15) is 11.8 Å². The molecule has 0 aromatic heterocycles. The maximum atomic E-state index is 14.0. The maximum Gasteiger partial charge on any atom is 0.337 e. The van der Waals surface area contributed by atoms with Crippen molar-refractivity contribution in [3.05, 3.63) is 71.0 Å². The second-order valence-corrected chi connectivity index (χ2v) is 7.34. The molecule has 1 saturated heterocycles. The van der Waals surface area contributed by atoms with Crippen molar-refractivity contribution in [2.24, 2.45) is 0 Å². The smallest absolute Gasteiger partial charge is 0.337 e. The summed E-state index contributed by atoms with van der Waals surface area (Å²) < 4.78 is 18.7. The van der Waals surface area contributed by atoms with Crippen LogP contribution in [0, 0.1) is 5.82 Å². The summed E-state index contributed by atoms with van der Waals surface area (Å²) in [6, 6.07) is 13.3. The first-order valence-corrected chi connectivity index (χ1v) is 9.48. The minimum Gasteiger partial charge on any atom is -0.465 e. The zero-order chi connectivity index (χ0) is 18.5. The standard InChI is InChI=1S/C20H20FNO3S/c1-25-20(24)15-8-6-14(7-9-15)19(23)22-11-10-18(26-13-12-22)16-4-2-3-5-17(16)21/h2-9,18H,10-13H2,1H3. The molecule has 1 heterocycles. The average molecular weight is 373 g/mol. The number of methoxy groups -OCH3 is 1. The lowest BCUT2D eigenvalue weighted by Gasteiger charge is -2.20. The van der Waals surface area contributed by atoms with Gasteiger partial charge < -0.3 is 9.64 Å². The second-order valence-electron chi connectivity index (χ2n) is 6.03. The average Bonchev–Trinajstić information content (AvgIpc) is 2.93. The molecule has 1 atom stereocenters. The van der Waals surface area contributed by atoms with Gasteiger partial charge in [-0.05, 0) is 36.8 Å². The van der Waals surface area contributed by atoms with Crippen molar-refractivity contribution in [1.29, 1.82) is 0 Å². The molecule has 3 rings (SSSR count). The Labute approximate surface area is 156 Å². The first-order chi connectivity index (χ1) is 12.6. The Morgan fingerprint density at radius 2 is 1.77 bits per heavy atom. The first kappa shape index (κ1) is 18.5. The Bertz CT molecular complexity index is 794. The molecule has 6 heteroatoms. The molecular weight excluding hydrogens is 353 g/mol. The number of benzene rings is 2. The number of carbonyl (C=O) groups excluding carboxylic acids is 2. The van der Waals surface area contributed by atoms with E-state index in [1.165, 1.54) is 13.2 Å². The number of hydrogen-bond donors (Lipinski definition) is 0. The Balaban J connectivity index is 1.68. The van der Waals surface area contributed by atoms with Crippen LogP contribution in [0.15, 0.2) is 48.5 Å². The monoisotopic (exact) mass is 373 g/mol. The molecule has 0 N–H and O–H groups in total. The van der Waals surface area contributed by atoms with Crippen LogP contribution in [0.3, 0.4) is 0 Å². The highest BCUT2D eigenvalue weighted by molar-refractivity contribution is 7.99. The van der Waals surface area contributed by atoms with E-state index >= 15 is 0 Å². The van der Waals surface area contributed by atoms with Gasteiger partial charge in [-0.1, -0.05) is 18.2 Å². The number of rotatable bonds is 3. The van der Waals surface area contributed by atoms with E-state index in [1.54, 1.807) is 47.0 Å². The molecular formula is C20H20FNO3S. The minimum atomic E-state index is -0.428. The number of nitrogens with zero attached hydrogens (tertiary/aromatic N) is 1. The summed E-state index contributed by atoms with van der Waals surface area (Å²) in [4.78, 5) is 26.0. The van der Waals surface area contributed by atoms with Gasteiger partial charge in [-0.3, -0.25) is 4.79 Å². The van der Waals surface area contributed by atoms with E-state index in [4.69, 9.17) is 0 Å². The van der Waals surface area contributed by atoms with Crippen molar-refractivity contribution in [3.63, 3.8) is 0 Å². The van der Waals surface area contributed by atoms with Crippen LogP contribution in [0.4, 0.5) is 4.39 Å². The molecule has 1 unspecified atom stereocenters. The summed E-state index contributed by atoms with van der Waals surface area (Å²) in [5, 5.41) is 0.0516. The molecule has 1 aliphatic rings. The van der Waals surface area contributed by atoms with E-state index in [0.717, 1.165) is 5.75 Å². The summed E-state index contributed by atoms with van der Waals surface area (Å²) in [6.45, 7) is 1.19. The van der Waals surface area contributed by atoms with Gasteiger partial charge >= 0.3 is 5.97 Å². The van der Waals surface area contributed by atoms with Crippen LogP contribution < -0.4 is 0 Å². The van der Waals surface area contributed by atoms with E-state index in [0.29, 0.717) is 36.2 Å². The lowest BCUT2D eigenvalue weighted by molar-refractivity contribution is 0.0599. The van der Waals surface area contributed by atoms with Gasteiger partial charge in [0.05, 0.1) is 12.7 Å². The van der Waals surface area contributed by atoms with E-state index in [-0.39, 0.29) is 17.0 Å². The number of carbonyl (C=O) groups is 2. The van der Waals surface area contributed by atoms with Crippen LogP contribution in [0.25, 0.3) is 0 Å². The van der Waals surface area contributed by atoms with Crippen molar-refractivity contribution in [2.75, 3.05) is 26.0 Å². The van der Waals surface area contributed by atoms with Gasteiger partial charge in [0.1, 0.15) is 5.82 Å². The number of halogens is 1. The van der Waals surface area contributed by atoms with Crippen LogP contribution in [-0.2, 0) is 4.74 Å². The van der Waals surface area contributed by atoms with E-state index in [2.05, 4.69) is 4.74 Å². The topological polar surface area (TPSA) is 46.6 Å². The van der Waals surface area contributed by atoms with Gasteiger partial charge in [0, 0.05) is 35.2 Å². The van der Waals surface area contributed by atoms with Gasteiger partial charge in [-0.15, -0.1) is 0 Å². The van der Waals surface area contributed by atoms with Gasteiger partial charge in [0.15, 0.2) is 0 Å². The Morgan fingerprint density at radius 1 is 1.08 bits per heavy atom. The lowest BCUT2D eigenvalue weighted by Crippen LogP contribution is -2.33. The zero-order valence-electron chi connectivity index (χ0n) is 14.5. The fourth-order valence-electron chi connectivity index (χ4n) is 3.01. The minimum absolute atomic E-state index is 0.0516. The predicted octanol–water partition coefficient (Wildman–Crippen LogP) is 3.93. The molecule has 0 spiro atoms. The Morgan fingerprint density at radius 3 is 2.46 bits per heavy atom. The van der Waals surface area contributed by atoms with Gasteiger partial charge in [0.2, 0.25) is 0 Å². The highest BCUT2D eigenvalue weighted by Crippen LogP contribution is 2.35. The first-order valence-electron chi connectivity index (χ1n) is 8.44. The van der Waals surface area contributed by atoms with E-state index < -0.39 is 5.97 Å². The Hall–Kier alpha value is -2.34. The normalized spacial score (nSPS) is 17.5. The molecule has 1 fully saturated rings. The molecule has 0 saturated carbocycles. The van der Waals surface area contributed by atoms with Crippen LogP contribution in [0.1, 0.15) is 38.0 Å². The molecule has 0 radical (unpaired) electrons. The quantitative estimate of drug-likeness (QED) is 0.765. The van der Waals surface area contributed by atoms with Crippen LogP contribution in [0.5, 0.6) is 0 Å². The van der Waals surface area contributed by atoms with Crippen molar-refractivity contribution < 1.29 is 18.7 Å². The molecule has 136 valence electrons. The van der Waals surface area contributed by atoms with Gasteiger partial charge in [-0.25, -0.2) is 9.18 Å². The number of thioether (sulfide) groups is 1. The molecule has 26 heavy (non-hydrogen) atoms. The van der Waals surface area contributed by atoms with Crippen molar-refractivity contribution in [2.45, 2.75) is 11.7 Å². The van der Waals surface area contributed by atoms with Crippen molar-refractivity contribution in [3.8, 4) is 0 Å². The van der Waals surface area contributed by atoms with Gasteiger partial charge in [0.25, 0.3) is 5.91 Å². The molecule has 1 amide bonds. The fraction of sp³-hybridized carbons (Fsp3) is 0.300. The largest absolute Gasteiger partial charge is 0.465 e. The van der Waals surface area contributed by atoms with E-state index in [1.807, 2.05) is 12.1 Å². The van der Waals surface area contributed by atoms with Crippen molar-refractivity contribution >= 4 is 23.6 Å². The molecule has 4 nitrogen and oxygen atoms in total. The van der Waals surface area contributed by atoms with Crippen molar-refractivity contribution in [1.82, 2.24) is 4.90 Å². The molecule has 2 aromatic rings. The Kier molecular flexibility index (Phi) is 5.93. The van der Waals surface area contributed by atoms with Crippen LogP contribution in [-0.4, -0.2) is 42.7 Å². The highest BCUT2D eigenvalue weighted by Gasteiger charge is 2.24. The molecule has 1 aliphatic heterocycles. The third-order valence-electron chi connectivity index (χ3n) is 4.43. The predicted molar refractivity (Wildman–Crippen MR) is 99.9 cm³/mol. The second kappa shape index (κ2) is 8.36. The molecule has 2 aromatic carbocycles. The summed E-state index contributed by atoms with van der Waals surface area (Å²) in [7, 11) is 1.32. The zero-order valence-corrected chi connectivity index (χ0v) is 15.3. The molecule has 0 aliphatic carbocycles.